The van der Waals surface area contributed by atoms with Gasteiger partial charge in [0.05, 0.1) is 12.3 Å². The summed E-state index contributed by atoms with van der Waals surface area (Å²) in [5.74, 6) is 0.414. The molecule has 0 bridgehead atoms. The molecule has 0 atom stereocenters. The minimum atomic E-state index is -0.197. The summed E-state index contributed by atoms with van der Waals surface area (Å²) in [6.07, 6.45) is 0.939. The largest absolute Gasteiger partial charge is 0.493 e. The van der Waals surface area contributed by atoms with E-state index in [-0.39, 0.29) is 5.82 Å². The van der Waals surface area contributed by atoms with Crippen LogP contribution in [0.1, 0.15) is 6.42 Å². The van der Waals surface area contributed by atoms with Gasteiger partial charge in [0.1, 0.15) is 11.6 Å². The average Bonchev–Trinajstić information content (AvgIpc) is 2.44. The standard InChI is InChI=1S/C15H24FN3O/c1-18(2)8-3-11-20-13-4-5-15(14(16)12-13)19-9-6-17-7-10-19/h4-5,12,17H,3,6-11H2,1-2H3. The van der Waals surface area contributed by atoms with E-state index in [1.807, 2.05) is 26.2 Å². The Balaban J connectivity index is 1.88. The second kappa shape index (κ2) is 7.45. The van der Waals surface area contributed by atoms with E-state index in [1.165, 1.54) is 6.07 Å². The van der Waals surface area contributed by atoms with Crippen LogP contribution in [0.4, 0.5) is 10.1 Å². The average molecular weight is 281 g/mol. The number of hydrogen-bond acceptors (Lipinski definition) is 4. The number of nitrogens with one attached hydrogen (secondary N) is 1. The maximum atomic E-state index is 14.1. The molecule has 5 heteroatoms. The van der Waals surface area contributed by atoms with Crippen LogP contribution >= 0.6 is 0 Å². The zero-order chi connectivity index (χ0) is 14.4. The summed E-state index contributed by atoms with van der Waals surface area (Å²) in [5.41, 5.74) is 0.673. The van der Waals surface area contributed by atoms with Crippen molar-refractivity contribution in [2.24, 2.45) is 0 Å². The van der Waals surface area contributed by atoms with Crippen molar-refractivity contribution in [3.8, 4) is 5.75 Å². The molecule has 1 heterocycles. The van der Waals surface area contributed by atoms with Gasteiger partial charge in [0.25, 0.3) is 0 Å². The van der Waals surface area contributed by atoms with E-state index in [9.17, 15) is 4.39 Å². The number of hydrogen-bond donors (Lipinski definition) is 1. The molecule has 1 N–H and O–H groups in total. The van der Waals surface area contributed by atoms with Crippen molar-refractivity contribution in [2.45, 2.75) is 6.42 Å². The van der Waals surface area contributed by atoms with E-state index in [2.05, 4.69) is 15.1 Å². The number of benzene rings is 1. The van der Waals surface area contributed by atoms with Gasteiger partial charge in [-0.3, -0.25) is 0 Å². The number of halogens is 1. The molecule has 0 spiro atoms. The molecule has 0 aliphatic carbocycles. The Kier molecular flexibility index (Phi) is 5.61. The van der Waals surface area contributed by atoms with Gasteiger partial charge < -0.3 is 19.9 Å². The molecular formula is C15H24FN3O. The highest BCUT2D eigenvalue weighted by Crippen LogP contribution is 2.24. The summed E-state index contributed by atoms with van der Waals surface area (Å²) >= 11 is 0. The van der Waals surface area contributed by atoms with E-state index >= 15 is 0 Å². The lowest BCUT2D eigenvalue weighted by molar-refractivity contribution is 0.280. The molecule has 1 aliphatic rings. The van der Waals surface area contributed by atoms with Gasteiger partial charge in [0.15, 0.2) is 0 Å². The highest BCUT2D eigenvalue weighted by molar-refractivity contribution is 5.51. The van der Waals surface area contributed by atoms with E-state index in [0.29, 0.717) is 18.0 Å². The summed E-state index contributed by atoms with van der Waals surface area (Å²) < 4.78 is 19.7. The zero-order valence-corrected chi connectivity index (χ0v) is 12.4. The first-order valence-corrected chi connectivity index (χ1v) is 7.19. The summed E-state index contributed by atoms with van der Waals surface area (Å²) in [4.78, 5) is 4.18. The third-order valence-corrected chi connectivity index (χ3v) is 3.40. The molecule has 0 aromatic heterocycles. The Morgan fingerprint density at radius 2 is 2.05 bits per heavy atom. The van der Waals surface area contributed by atoms with E-state index in [0.717, 1.165) is 39.1 Å². The third-order valence-electron chi connectivity index (χ3n) is 3.40. The lowest BCUT2D eigenvalue weighted by Gasteiger charge is -2.29. The molecule has 1 saturated heterocycles. The van der Waals surface area contributed by atoms with Gasteiger partial charge in [-0.2, -0.15) is 0 Å². The highest BCUT2D eigenvalue weighted by Gasteiger charge is 2.14. The first-order chi connectivity index (χ1) is 9.66. The normalized spacial score (nSPS) is 15.7. The Morgan fingerprint density at radius 3 is 2.70 bits per heavy atom. The Morgan fingerprint density at radius 1 is 1.30 bits per heavy atom. The fourth-order valence-corrected chi connectivity index (χ4v) is 2.31. The maximum Gasteiger partial charge on any atom is 0.150 e. The van der Waals surface area contributed by atoms with Crippen LogP contribution in [-0.2, 0) is 0 Å². The molecule has 1 aromatic carbocycles. The van der Waals surface area contributed by atoms with Crippen LogP contribution < -0.4 is 15.0 Å². The summed E-state index contributed by atoms with van der Waals surface area (Å²) in [7, 11) is 4.06. The second-order valence-corrected chi connectivity index (χ2v) is 5.36. The topological polar surface area (TPSA) is 27.7 Å². The van der Waals surface area contributed by atoms with Gasteiger partial charge in [-0.05, 0) is 32.6 Å². The summed E-state index contributed by atoms with van der Waals surface area (Å²) in [6, 6.07) is 5.17. The third kappa shape index (κ3) is 4.35. The van der Waals surface area contributed by atoms with Crippen molar-refractivity contribution in [2.75, 3.05) is 58.3 Å². The summed E-state index contributed by atoms with van der Waals surface area (Å²) in [6.45, 7) is 5.09. The van der Waals surface area contributed by atoms with Gasteiger partial charge in [0.2, 0.25) is 0 Å². The van der Waals surface area contributed by atoms with Crippen LogP contribution in [0.3, 0.4) is 0 Å². The molecule has 20 heavy (non-hydrogen) atoms. The van der Waals surface area contributed by atoms with Gasteiger partial charge in [-0.1, -0.05) is 0 Å². The highest BCUT2D eigenvalue weighted by atomic mass is 19.1. The molecule has 0 radical (unpaired) electrons. The predicted molar refractivity (Wildman–Crippen MR) is 80.1 cm³/mol. The van der Waals surface area contributed by atoms with Gasteiger partial charge in [-0.25, -0.2) is 4.39 Å². The predicted octanol–water partition coefficient (Wildman–Crippen LogP) is 1.57. The van der Waals surface area contributed by atoms with Crippen LogP contribution in [0.25, 0.3) is 0 Å². The lowest BCUT2D eigenvalue weighted by atomic mass is 10.2. The molecule has 2 rings (SSSR count). The quantitative estimate of drug-likeness (QED) is 0.801. The molecule has 1 aromatic rings. The van der Waals surface area contributed by atoms with Crippen molar-refractivity contribution in [1.29, 1.82) is 0 Å². The molecule has 0 unspecified atom stereocenters. The van der Waals surface area contributed by atoms with Crippen molar-refractivity contribution in [1.82, 2.24) is 10.2 Å². The minimum absolute atomic E-state index is 0.197. The Labute approximate surface area is 120 Å². The molecule has 1 fully saturated rings. The van der Waals surface area contributed by atoms with Gasteiger partial charge in [0, 0.05) is 38.8 Å². The van der Waals surface area contributed by atoms with E-state index in [4.69, 9.17) is 4.74 Å². The van der Waals surface area contributed by atoms with Crippen LogP contribution in [-0.4, -0.2) is 58.3 Å². The molecular weight excluding hydrogens is 257 g/mol. The SMILES string of the molecule is CN(C)CCCOc1ccc(N2CCNCC2)c(F)c1. The van der Waals surface area contributed by atoms with Crippen molar-refractivity contribution < 1.29 is 9.13 Å². The molecule has 0 amide bonds. The lowest BCUT2D eigenvalue weighted by Crippen LogP contribution is -2.43. The fraction of sp³-hybridized carbons (Fsp3) is 0.600. The van der Waals surface area contributed by atoms with Gasteiger partial charge in [-0.15, -0.1) is 0 Å². The first kappa shape index (κ1) is 15.1. The maximum absolute atomic E-state index is 14.1. The monoisotopic (exact) mass is 281 g/mol. The van der Waals surface area contributed by atoms with Crippen LogP contribution in [0.2, 0.25) is 0 Å². The molecule has 4 nitrogen and oxygen atoms in total. The Bertz CT molecular complexity index is 420. The zero-order valence-electron chi connectivity index (χ0n) is 12.4. The van der Waals surface area contributed by atoms with Crippen LogP contribution in [0, 0.1) is 5.82 Å². The van der Waals surface area contributed by atoms with Crippen molar-refractivity contribution in [3.63, 3.8) is 0 Å². The minimum Gasteiger partial charge on any atom is -0.493 e. The number of piperazine rings is 1. The fourth-order valence-electron chi connectivity index (χ4n) is 2.31. The number of ether oxygens (including phenoxy) is 1. The number of anilines is 1. The van der Waals surface area contributed by atoms with Crippen molar-refractivity contribution in [3.05, 3.63) is 24.0 Å². The van der Waals surface area contributed by atoms with Crippen LogP contribution in [0.5, 0.6) is 5.75 Å². The smallest absolute Gasteiger partial charge is 0.150 e. The number of rotatable bonds is 6. The van der Waals surface area contributed by atoms with Gasteiger partial charge >= 0.3 is 0 Å². The Hall–Kier alpha value is -1.33. The van der Waals surface area contributed by atoms with E-state index in [1.54, 1.807) is 0 Å². The van der Waals surface area contributed by atoms with Crippen molar-refractivity contribution >= 4 is 5.69 Å². The molecule has 112 valence electrons. The molecule has 0 saturated carbocycles. The summed E-state index contributed by atoms with van der Waals surface area (Å²) in [5, 5.41) is 3.27. The number of nitrogens with zero attached hydrogens (tertiary/aromatic N) is 2. The van der Waals surface area contributed by atoms with Crippen LogP contribution in [0.15, 0.2) is 18.2 Å². The second-order valence-electron chi connectivity index (χ2n) is 5.36. The first-order valence-electron chi connectivity index (χ1n) is 7.19. The molecule has 1 aliphatic heterocycles. The van der Waals surface area contributed by atoms with E-state index < -0.39 is 0 Å².